The summed E-state index contributed by atoms with van der Waals surface area (Å²) in [6.45, 7) is 7.75. The highest BCUT2D eigenvalue weighted by Gasteiger charge is 2.35. The zero-order chi connectivity index (χ0) is 16.8. The van der Waals surface area contributed by atoms with E-state index >= 15 is 0 Å². The summed E-state index contributed by atoms with van der Waals surface area (Å²) in [4.78, 5) is 2.26. The molecule has 1 saturated heterocycles. The second-order valence-electron chi connectivity index (χ2n) is 6.70. The van der Waals surface area contributed by atoms with Gasteiger partial charge in [0.1, 0.15) is 16.6 Å². The SMILES string of the molecule is CC1=C(c2ccc(F)cc2)S(=O)(=O)N=C1N1C[C@H](C)C[C@@H](C)C1. The topological polar surface area (TPSA) is 49.7 Å². The van der Waals surface area contributed by atoms with Crippen molar-refractivity contribution in [2.45, 2.75) is 27.2 Å². The van der Waals surface area contributed by atoms with E-state index in [-0.39, 0.29) is 10.7 Å². The number of nitrogens with zero attached hydrogens (tertiary/aromatic N) is 2. The van der Waals surface area contributed by atoms with Crippen molar-refractivity contribution >= 4 is 20.8 Å². The molecule has 3 rings (SSSR count). The first-order valence-corrected chi connectivity index (χ1v) is 9.29. The maximum atomic E-state index is 13.1. The molecular weight excluding hydrogens is 315 g/mol. The summed E-state index contributed by atoms with van der Waals surface area (Å²) >= 11 is 0. The Morgan fingerprint density at radius 3 is 2.26 bits per heavy atom. The van der Waals surface area contributed by atoms with Gasteiger partial charge in [0.15, 0.2) is 0 Å². The lowest BCUT2D eigenvalue weighted by molar-refractivity contribution is 0.214. The maximum absolute atomic E-state index is 13.1. The van der Waals surface area contributed by atoms with Crippen LogP contribution in [0.2, 0.25) is 0 Å². The Morgan fingerprint density at radius 1 is 1.13 bits per heavy atom. The molecule has 0 spiro atoms. The Morgan fingerprint density at radius 2 is 1.70 bits per heavy atom. The quantitative estimate of drug-likeness (QED) is 0.791. The molecule has 2 aliphatic heterocycles. The number of likely N-dealkylation sites (tertiary alicyclic amines) is 1. The van der Waals surface area contributed by atoms with E-state index in [1.54, 1.807) is 6.92 Å². The van der Waals surface area contributed by atoms with E-state index in [1.807, 2.05) is 0 Å². The minimum absolute atomic E-state index is 0.193. The maximum Gasteiger partial charge on any atom is 0.285 e. The standard InChI is InChI=1S/C17H21FN2O2S/c1-11-8-12(2)10-20(9-11)17-13(3)16(23(21,22)19-17)14-4-6-15(18)7-5-14/h4-7,11-12H,8-10H2,1-3H3/t11-,12-/m1/s1. The predicted octanol–water partition coefficient (Wildman–Crippen LogP) is 3.28. The molecular formula is C17H21FN2O2S. The number of benzene rings is 1. The largest absolute Gasteiger partial charge is 0.355 e. The van der Waals surface area contributed by atoms with Crippen molar-refractivity contribution in [1.82, 2.24) is 4.90 Å². The van der Waals surface area contributed by atoms with Gasteiger partial charge < -0.3 is 4.90 Å². The highest BCUT2D eigenvalue weighted by Crippen LogP contribution is 2.35. The molecule has 6 heteroatoms. The molecule has 0 saturated carbocycles. The van der Waals surface area contributed by atoms with Gasteiger partial charge in [0.2, 0.25) is 0 Å². The van der Waals surface area contributed by atoms with E-state index in [4.69, 9.17) is 0 Å². The average molecular weight is 336 g/mol. The summed E-state index contributed by atoms with van der Waals surface area (Å²) in [6, 6.07) is 5.53. The highest BCUT2D eigenvalue weighted by molar-refractivity contribution is 8.00. The van der Waals surface area contributed by atoms with Crippen LogP contribution in [0.1, 0.15) is 32.8 Å². The zero-order valence-electron chi connectivity index (χ0n) is 13.6. The van der Waals surface area contributed by atoms with Gasteiger partial charge in [-0.25, -0.2) is 4.39 Å². The molecule has 0 aliphatic carbocycles. The van der Waals surface area contributed by atoms with E-state index in [0.717, 1.165) is 19.5 Å². The molecule has 0 N–H and O–H groups in total. The summed E-state index contributed by atoms with van der Waals surface area (Å²) in [6.07, 6.45) is 1.14. The van der Waals surface area contributed by atoms with Crippen LogP contribution >= 0.6 is 0 Å². The second-order valence-corrected chi connectivity index (χ2v) is 8.24. The summed E-state index contributed by atoms with van der Waals surface area (Å²) in [5.41, 5.74) is 1.14. The number of hydrogen-bond acceptors (Lipinski definition) is 3. The third kappa shape index (κ3) is 3.04. The van der Waals surface area contributed by atoms with Gasteiger partial charge in [0.05, 0.1) is 0 Å². The van der Waals surface area contributed by atoms with Crippen molar-refractivity contribution in [3.05, 3.63) is 41.2 Å². The molecule has 0 unspecified atom stereocenters. The number of hydrogen-bond donors (Lipinski definition) is 0. The Kier molecular flexibility index (Phi) is 4.04. The van der Waals surface area contributed by atoms with Crippen LogP contribution in [0, 0.1) is 17.7 Å². The van der Waals surface area contributed by atoms with E-state index in [1.165, 1.54) is 24.3 Å². The number of rotatable bonds is 1. The third-order valence-electron chi connectivity index (χ3n) is 4.42. The van der Waals surface area contributed by atoms with Gasteiger partial charge in [0.25, 0.3) is 10.0 Å². The third-order valence-corrected chi connectivity index (χ3v) is 5.89. The first kappa shape index (κ1) is 16.2. The van der Waals surface area contributed by atoms with Gasteiger partial charge in [0, 0.05) is 18.7 Å². The molecule has 23 heavy (non-hydrogen) atoms. The first-order chi connectivity index (χ1) is 10.8. The first-order valence-electron chi connectivity index (χ1n) is 7.85. The Balaban J connectivity index is 2.01. The fraction of sp³-hybridized carbons (Fsp3) is 0.471. The second kappa shape index (κ2) is 5.74. The van der Waals surface area contributed by atoms with E-state index in [2.05, 4.69) is 23.1 Å². The lowest BCUT2D eigenvalue weighted by atomic mass is 9.91. The summed E-state index contributed by atoms with van der Waals surface area (Å²) < 4.78 is 42.2. The zero-order valence-corrected chi connectivity index (χ0v) is 14.4. The van der Waals surface area contributed by atoms with Crippen LogP contribution in [-0.4, -0.2) is 32.2 Å². The molecule has 1 aromatic carbocycles. The molecule has 0 aromatic heterocycles. The van der Waals surface area contributed by atoms with E-state index in [9.17, 15) is 12.8 Å². The van der Waals surface area contributed by atoms with Crippen LogP contribution in [0.3, 0.4) is 0 Å². The molecule has 1 fully saturated rings. The minimum atomic E-state index is -3.73. The Bertz CT molecular complexity index is 771. The van der Waals surface area contributed by atoms with E-state index in [0.29, 0.717) is 28.8 Å². The lowest BCUT2D eigenvalue weighted by Gasteiger charge is -2.36. The molecule has 0 amide bonds. The molecule has 4 nitrogen and oxygen atoms in total. The highest BCUT2D eigenvalue weighted by atomic mass is 32.2. The number of amidine groups is 1. The predicted molar refractivity (Wildman–Crippen MR) is 89.9 cm³/mol. The van der Waals surface area contributed by atoms with Gasteiger partial charge in [-0.1, -0.05) is 26.0 Å². The number of piperidine rings is 1. The summed E-state index contributed by atoms with van der Waals surface area (Å²) in [5, 5.41) is 0. The lowest BCUT2D eigenvalue weighted by Crippen LogP contribution is -2.42. The minimum Gasteiger partial charge on any atom is -0.355 e. The van der Waals surface area contributed by atoms with Gasteiger partial charge in [-0.15, -0.1) is 4.40 Å². The van der Waals surface area contributed by atoms with Crippen molar-refractivity contribution in [1.29, 1.82) is 0 Å². The van der Waals surface area contributed by atoms with Crippen LogP contribution in [0.5, 0.6) is 0 Å². The molecule has 1 aromatic rings. The number of sulfonamides is 1. The van der Waals surface area contributed by atoms with E-state index < -0.39 is 10.0 Å². The van der Waals surface area contributed by atoms with Crippen molar-refractivity contribution in [3.63, 3.8) is 0 Å². The fourth-order valence-electron chi connectivity index (χ4n) is 3.62. The van der Waals surface area contributed by atoms with Crippen molar-refractivity contribution in [2.75, 3.05) is 13.1 Å². The molecule has 0 radical (unpaired) electrons. The summed E-state index contributed by atoms with van der Waals surface area (Å²) in [5.74, 6) is 1.17. The van der Waals surface area contributed by atoms with Gasteiger partial charge in [-0.2, -0.15) is 8.42 Å². The molecule has 2 heterocycles. The van der Waals surface area contributed by atoms with Gasteiger partial charge in [-0.05, 0) is 42.9 Å². The number of halogens is 1. The Labute approximate surface area is 136 Å². The van der Waals surface area contributed by atoms with Crippen molar-refractivity contribution < 1.29 is 12.8 Å². The monoisotopic (exact) mass is 336 g/mol. The van der Waals surface area contributed by atoms with Crippen LogP contribution in [-0.2, 0) is 10.0 Å². The summed E-state index contributed by atoms with van der Waals surface area (Å²) in [7, 11) is -3.73. The molecule has 0 bridgehead atoms. The molecule has 2 atom stereocenters. The van der Waals surface area contributed by atoms with Crippen molar-refractivity contribution in [2.24, 2.45) is 16.2 Å². The Hall–Kier alpha value is -1.69. The normalized spacial score (nSPS) is 27.3. The average Bonchev–Trinajstić information content (AvgIpc) is 2.69. The fourth-order valence-corrected chi connectivity index (χ4v) is 5.10. The molecule has 124 valence electrons. The van der Waals surface area contributed by atoms with Gasteiger partial charge in [-0.3, -0.25) is 0 Å². The van der Waals surface area contributed by atoms with Crippen LogP contribution in [0.15, 0.2) is 34.2 Å². The van der Waals surface area contributed by atoms with Gasteiger partial charge >= 0.3 is 0 Å². The van der Waals surface area contributed by atoms with Crippen LogP contribution in [0.4, 0.5) is 4.39 Å². The molecule has 2 aliphatic rings. The van der Waals surface area contributed by atoms with Crippen LogP contribution < -0.4 is 0 Å². The van der Waals surface area contributed by atoms with Crippen molar-refractivity contribution in [3.8, 4) is 0 Å². The van der Waals surface area contributed by atoms with Crippen LogP contribution in [0.25, 0.3) is 4.91 Å². The smallest absolute Gasteiger partial charge is 0.285 e.